The van der Waals surface area contributed by atoms with Crippen molar-refractivity contribution in [2.24, 2.45) is 0 Å². The van der Waals surface area contributed by atoms with Crippen LogP contribution in [0.25, 0.3) is 16.2 Å². The average molecular weight is 273 g/mol. The first-order chi connectivity index (χ1) is 9.13. The normalized spacial score (nSPS) is 11.3. The Balaban J connectivity index is 1.92. The van der Waals surface area contributed by atoms with Crippen LogP contribution in [0.4, 0.5) is 5.82 Å². The van der Waals surface area contributed by atoms with E-state index >= 15 is 0 Å². The summed E-state index contributed by atoms with van der Waals surface area (Å²) in [7, 11) is 0. The first kappa shape index (κ1) is 12.0. The van der Waals surface area contributed by atoms with Crippen molar-refractivity contribution >= 4 is 22.1 Å². The number of benzene rings is 1. The molecule has 0 saturated carbocycles. The molecule has 0 fully saturated rings. The Hall–Kier alpha value is -2.01. The van der Waals surface area contributed by atoms with E-state index in [2.05, 4.69) is 4.98 Å². The second kappa shape index (κ2) is 4.59. The third-order valence-electron chi connectivity index (χ3n) is 2.76. The zero-order valence-electron chi connectivity index (χ0n) is 10.8. The number of anilines is 1. The van der Waals surface area contributed by atoms with Crippen molar-refractivity contribution in [3.63, 3.8) is 0 Å². The molecule has 0 amide bonds. The fourth-order valence-electron chi connectivity index (χ4n) is 1.92. The standard InChI is InChI=1S/C14H15N3OS/c1-9(2)18-11-5-3-10(4-6-11)12-7-17-13(15)8-19-14(17)16-12/h3-9H,15H2,1-2H3. The molecule has 0 atom stereocenters. The molecule has 3 aromatic rings. The molecule has 0 bridgehead atoms. The Morgan fingerprint density at radius 1 is 1.26 bits per heavy atom. The van der Waals surface area contributed by atoms with Gasteiger partial charge in [0, 0.05) is 17.1 Å². The number of aromatic nitrogens is 2. The van der Waals surface area contributed by atoms with E-state index in [-0.39, 0.29) is 6.10 Å². The molecule has 2 N–H and O–H groups in total. The Morgan fingerprint density at radius 2 is 2.00 bits per heavy atom. The van der Waals surface area contributed by atoms with Crippen molar-refractivity contribution in [3.05, 3.63) is 35.8 Å². The number of imidazole rings is 1. The van der Waals surface area contributed by atoms with Crippen molar-refractivity contribution in [1.29, 1.82) is 0 Å². The molecule has 5 heteroatoms. The molecule has 98 valence electrons. The molecule has 0 spiro atoms. The molecule has 0 aliphatic carbocycles. The van der Waals surface area contributed by atoms with Crippen molar-refractivity contribution < 1.29 is 4.74 Å². The van der Waals surface area contributed by atoms with Crippen LogP contribution >= 0.6 is 11.3 Å². The molecular weight excluding hydrogens is 258 g/mol. The number of fused-ring (bicyclic) bond motifs is 1. The summed E-state index contributed by atoms with van der Waals surface area (Å²) in [6.45, 7) is 4.03. The summed E-state index contributed by atoms with van der Waals surface area (Å²) in [6, 6.07) is 7.96. The van der Waals surface area contributed by atoms with Gasteiger partial charge < -0.3 is 10.5 Å². The summed E-state index contributed by atoms with van der Waals surface area (Å²) in [6.07, 6.45) is 2.14. The Kier molecular flexibility index (Phi) is 2.91. The highest BCUT2D eigenvalue weighted by Gasteiger charge is 2.08. The molecule has 0 aliphatic heterocycles. The molecule has 0 aliphatic rings. The number of hydrogen-bond donors (Lipinski definition) is 1. The van der Waals surface area contributed by atoms with Gasteiger partial charge in [0.2, 0.25) is 0 Å². The maximum Gasteiger partial charge on any atom is 0.195 e. The van der Waals surface area contributed by atoms with Gasteiger partial charge in [0.05, 0.1) is 11.8 Å². The Bertz CT molecular complexity index is 697. The van der Waals surface area contributed by atoms with Crippen molar-refractivity contribution in [2.75, 3.05) is 5.73 Å². The van der Waals surface area contributed by atoms with Gasteiger partial charge in [0.15, 0.2) is 4.96 Å². The number of nitrogens with two attached hydrogens (primary N) is 1. The van der Waals surface area contributed by atoms with Crippen LogP contribution < -0.4 is 10.5 Å². The van der Waals surface area contributed by atoms with Crippen LogP contribution in [0.1, 0.15) is 13.8 Å². The topological polar surface area (TPSA) is 52.5 Å². The minimum absolute atomic E-state index is 0.184. The maximum absolute atomic E-state index is 5.86. The highest BCUT2D eigenvalue weighted by atomic mass is 32.1. The molecule has 1 aromatic carbocycles. The largest absolute Gasteiger partial charge is 0.491 e. The third kappa shape index (κ3) is 2.29. The molecule has 4 nitrogen and oxygen atoms in total. The quantitative estimate of drug-likeness (QED) is 0.795. The number of nitrogens with zero attached hydrogens (tertiary/aromatic N) is 2. The van der Waals surface area contributed by atoms with Crippen molar-refractivity contribution in [1.82, 2.24) is 9.38 Å². The van der Waals surface area contributed by atoms with Gasteiger partial charge >= 0.3 is 0 Å². The lowest BCUT2D eigenvalue weighted by Gasteiger charge is -2.09. The number of ether oxygens (including phenoxy) is 1. The van der Waals surface area contributed by atoms with E-state index in [1.54, 1.807) is 11.3 Å². The van der Waals surface area contributed by atoms with Crippen LogP contribution in [0.2, 0.25) is 0 Å². The van der Waals surface area contributed by atoms with Crippen LogP contribution in [-0.2, 0) is 0 Å². The summed E-state index contributed by atoms with van der Waals surface area (Å²) in [5.74, 6) is 1.60. The van der Waals surface area contributed by atoms with E-state index in [0.29, 0.717) is 0 Å². The first-order valence-corrected chi connectivity index (χ1v) is 7.00. The van der Waals surface area contributed by atoms with Gasteiger partial charge in [-0.25, -0.2) is 4.98 Å². The smallest absolute Gasteiger partial charge is 0.195 e. The van der Waals surface area contributed by atoms with Crippen LogP contribution in [-0.4, -0.2) is 15.5 Å². The number of hydrogen-bond acceptors (Lipinski definition) is 4. The summed E-state index contributed by atoms with van der Waals surface area (Å²) in [5, 5.41) is 1.89. The van der Waals surface area contributed by atoms with Gasteiger partial charge in [-0.05, 0) is 38.1 Å². The fourth-order valence-corrected chi connectivity index (χ4v) is 2.68. The van der Waals surface area contributed by atoms with E-state index in [0.717, 1.165) is 27.8 Å². The lowest BCUT2D eigenvalue weighted by atomic mass is 10.1. The zero-order chi connectivity index (χ0) is 13.4. The number of rotatable bonds is 3. The molecule has 0 saturated heterocycles. The monoisotopic (exact) mass is 273 g/mol. The van der Waals surface area contributed by atoms with Gasteiger partial charge in [-0.1, -0.05) is 0 Å². The van der Waals surface area contributed by atoms with Crippen LogP contribution in [0, 0.1) is 0 Å². The predicted octanol–water partition coefficient (Wildman–Crippen LogP) is 3.43. The lowest BCUT2D eigenvalue weighted by molar-refractivity contribution is 0.242. The van der Waals surface area contributed by atoms with E-state index in [1.165, 1.54) is 0 Å². The second-order valence-corrected chi connectivity index (χ2v) is 5.47. The zero-order valence-corrected chi connectivity index (χ0v) is 11.6. The maximum atomic E-state index is 5.86. The van der Waals surface area contributed by atoms with Crippen LogP contribution in [0.15, 0.2) is 35.8 Å². The second-order valence-electron chi connectivity index (χ2n) is 4.63. The molecule has 2 aromatic heterocycles. The Morgan fingerprint density at radius 3 is 2.63 bits per heavy atom. The molecule has 19 heavy (non-hydrogen) atoms. The summed E-state index contributed by atoms with van der Waals surface area (Å²) >= 11 is 1.54. The summed E-state index contributed by atoms with van der Waals surface area (Å²) < 4.78 is 7.53. The van der Waals surface area contributed by atoms with Gasteiger partial charge in [-0.3, -0.25) is 4.40 Å². The van der Waals surface area contributed by atoms with Crippen LogP contribution in [0.3, 0.4) is 0 Å². The minimum Gasteiger partial charge on any atom is -0.491 e. The Labute approximate surface area is 115 Å². The summed E-state index contributed by atoms with van der Waals surface area (Å²) in [4.78, 5) is 5.47. The summed E-state index contributed by atoms with van der Waals surface area (Å²) in [5.41, 5.74) is 7.85. The van der Waals surface area contributed by atoms with E-state index < -0.39 is 0 Å². The van der Waals surface area contributed by atoms with E-state index in [4.69, 9.17) is 10.5 Å². The third-order valence-corrected chi connectivity index (χ3v) is 3.62. The van der Waals surface area contributed by atoms with Gasteiger partial charge in [-0.15, -0.1) is 11.3 Å². The molecule has 2 heterocycles. The molecule has 0 radical (unpaired) electrons. The van der Waals surface area contributed by atoms with Crippen molar-refractivity contribution in [3.8, 4) is 17.0 Å². The number of thiazole rings is 1. The van der Waals surface area contributed by atoms with E-state index in [1.807, 2.05) is 54.1 Å². The highest BCUT2D eigenvalue weighted by Crippen LogP contribution is 2.26. The SMILES string of the molecule is CC(C)Oc1ccc(-c2cn3c(N)csc3n2)cc1. The predicted molar refractivity (Wildman–Crippen MR) is 78.7 cm³/mol. The molecule has 3 rings (SSSR count). The molecule has 0 unspecified atom stereocenters. The van der Waals surface area contributed by atoms with Crippen molar-refractivity contribution in [2.45, 2.75) is 20.0 Å². The lowest BCUT2D eigenvalue weighted by Crippen LogP contribution is -2.05. The molecular formula is C14H15N3OS. The number of nitrogen functional groups attached to an aromatic ring is 1. The van der Waals surface area contributed by atoms with Crippen LogP contribution in [0.5, 0.6) is 5.75 Å². The average Bonchev–Trinajstić information content (AvgIpc) is 2.92. The first-order valence-electron chi connectivity index (χ1n) is 6.12. The van der Waals surface area contributed by atoms with E-state index in [9.17, 15) is 0 Å². The minimum atomic E-state index is 0.184. The fraction of sp³-hybridized carbons (Fsp3) is 0.214. The van der Waals surface area contributed by atoms with Gasteiger partial charge in [-0.2, -0.15) is 0 Å². The van der Waals surface area contributed by atoms with Gasteiger partial charge in [0.25, 0.3) is 0 Å². The highest BCUT2D eigenvalue weighted by molar-refractivity contribution is 7.15. The van der Waals surface area contributed by atoms with Gasteiger partial charge in [0.1, 0.15) is 11.6 Å².